The maximum absolute atomic E-state index is 11.6. The molecule has 0 aliphatic heterocycles. The van der Waals surface area contributed by atoms with Crippen LogP contribution >= 0.6 is 11.3 Å². The molecule has 0 aliphatic carbocycles. The van der Waals surface area contributed by atoms with Crippen LogP contribution in [0.2, 0.25) is 0 Å². The molecule has 1 N–H and O–H groups in total. The number of hydrogen-bond acceptors (Lipinski definition) is 6. The fraction of sp³-hybridized carbons (Fsp3) is 0.182. The van der Waals surface area contributed by atoms with Crippen LogP contribution in [0, 0.1) is 17.0 Å². The maximum Gasteiger partial charge on any atom is 0.348 e. The summed E-state index contributed by atoms with van der Waals surface area (Å²) in [6.45, 7) is 1.77. The van der Waals surface area contributed by atoms with E-state index < -0.39 is 16.6 Å². The Morgan fingerprint density at radius 3 is 2.85 bits per heavy atom. The second-order valence-corrected chi connectivity index (χ2v) is 5.23. The van der Waals surface area contributed by atoms with Crippen LogP contribution in [-0.2, 0) is 6.54 Å². The van der Waals surface area contributed by atoms with E-state index >= 15 is 0 Å². The molecule has 104 valence electrons. The number of nitrogens with zero attached hydrogens (tertiary/aromatic N) is 3. The number of aromatic carboxylic acids is 1. The van der Waals surface area contributed by atoms with E-state index in [9.17, 15) is 19.7 Å². The first-order valence-electron chi connectivity index (χ1n) is 5.42. The van der Waals surface area contributed by atoms with Gasteiger partial charge in [0.1, 0.15) is 11.1 Å². The Morgan fingerprint density at radius 2 is 2.30 bits per heavy atom. The zero-order valence-electron chi connectivity index (χ0n) is 10.3. The molecule has 0 aromatic carbocycles. The first-order valence-corrected chi connectivity index (χ1v) is 6.23. The van der Waals surface area contributed by atoms with Gasteiger partial charge in [0.15, 0.2) is 0 Å². The minimum absolute atomic E-state index is 0.0448. The van der Waals surface area contributed by atoms with Gasteiger partial charge >= 0.3 is 17.3 Å². The van der Waals surface area contributed by atoms with E-state index in [-0.39, 0.29) is 17.1 Å². The Kier molecular flexibility index (Phi) is 3.61. The van der Waals surface area contributed by atoms with E-state index in [0.29, 0.717) is 5.56 Å². The second-order valence-electron chi connectivity index (χ2n) is 3.98. The molecular weight excluding hydrogens is 286 g/mol. The lowest BCUT2D eigenvalue weighted by molar-refractivity contribution is -0.385. The normalized spacial score (nSPS) is 10.4. The summed E-state index contributed by atoms with van der Waals surface area (Å²) in [6, 6.07) is 1.45. The standard InChI is InChI=1S/C11H9N3O5S/c1-6-7(2-9(20-6)10(15)16)4-13-5-8(14(18)19)3-12-11(13)17/h2-3,5H,4H2,1H3,(H,15,16). The SMILES string of the molecule is Cc1sc(C(=O)O)cc1Cn1cc([N+](=O)[O-])cnc1=O. The van der Waals surface area contributed by atoms with Gasteiger partial charge in [0.25, 0.3) is 0 Å². The summed E-state index contributed by atoms with van der Waals surface area (Å²) < 4.78 is 1.08. The van der Waals surface area contributed by atoms with Crippen molar-refractivity contribution in [2.24, 2.45) is 0 Å². The number of carbonyl (C=O) groups is 1. The van der Waals surface area contributed by atoms with Crippen molar-refractivity contribution in [3.8, 4) is 0 Å². The van der Waals surface area contributed by atoms with Gasteiger partial charge in [-0.25, -0.2) is 9.59 Å². The summed E-state index contributed by atoms with van der Waals surface area (Å²) in [6.07, 6.45) is 1.98. The third kappa shape index (κ3) is 2.72. The molecule has 0 atom stereocenters. The van der Waals surface area contributed by atoms with Crippen LogP contribution in [0.3, 0.4) is 0 Å². The predicted molar refractivity (Wildman–Crippen MR) is 70.3 cm³/mol. The number of thiophene rings is 1. The number of rotatable bonds is 4. The highest BCUT2D eigenvalue weighted by Gasteiger charge is 2.14. The van der Waals surface area contributed by atoms with E-state index in [1.165, 1.54) is 6.07 Å². The van der Waals surface area contributed by atoms with Gasteiger partial charge in [-0.3, -0.25) is 14.7 Å². The highest BCUT2D eigenvalue weighted by atomic mass is 32.1. The third-order valence-electron chi connectivity index (χ3n) is 2.62. The van der Waals surface area contributed by atoms with E-state index in [2.05, 4.69) is 4.98 Å². The van der Waals surface area contributed by atoms with Gasteiger partial charge < -0.3 is 5.11 Å². The molecule has 2 aromatic heterocycles. The maximum atomic E-state index is 11.6. The molecule has 20 heavy (non-hydrogen) atoms. The molecule has 0 aliphatic rings. The first-order chi connectivity index (χ1) is 9.38. The molecule has 0 unspecified atom stereocenters. The topological polar surface area (TPSA) is 115 Å². The van der Waals surface area contributed by atoms with Gasteiger partial charge in [0.2, 0.25) is 0 Å². The van der Waals surface area contributed by atoms with E-state index in [1.54, 1.807) is 6.92 Å². The van der Waals surface area contributed by atoms with Gasteiger partial charge in [0.05, 0.1) is 17.7 Å². The molecular formula is C11H9N3O5S. The van der Waals surface area contributed by atoms with Gasteiger partial charge in [-0.2, -0.15) is 4.98 Å². The molecule has 0 bridgehead atoms. The van der Waals surface area contributed by atoms with Crippen molar-refractivity contribution in [2.75, 3.05) is 0 Å². The Bertz CT molecular complexity index is 749. The van der Waals surface area contributed by atoms with Crippen LogP contribution in [0.5, 0.6) is 0 Å². The van der Waals surface area contributed by atoms with Crippen LogP contribution in [0.25, 0.3) is 0 Å². The molecule has 2 rings (SSSR count). The first kappa shape index (κ1) is 13.9. The van der Waals surface area contributed by atoms with Crippen LogP contribution in [-0.4, -0.2) is 25.6 Å². The van der Waals surface area contributed by atoms with Gasteiger partial charge in [-0.1, -0.05) is 0 Å². The van der Waals surface area contributed by atoms with Crippen LogP contribution in [0.1, 0.15) is 20.1 Å². The number of nitro groups is 1. The monoisotopic (exact) mass is 295 g/mol. The number of carboxylic acid groups (broad SMARTS) is 1. The van der Waals surface area contributed by atoms with Crippen molar-refractivity contribution in [1.29, 1.82) is 0 Å². The lowest BCUT2D eigenvalue weighted by Gasteiger charge is -2.03. The quantitative estimate of drug-likeness (QED) is 0.670. The number of carboxylic acids is 1. The Labute approximate surface area is 116 Å². The number of aromatic nitrogens is 2. The predicted octanol–water partition coefficient (Wildman–Crippen LogP) is 1.27. The average Bonchev–Trinajstić information content (AvgIpc) is 2.73. The Hall–Kier alpha value is -2.55. The van der Waals surface area contributed by atoms with E-state index in [4.69, 9.17) is 5.11 Å². The Balaban J connectivity index is 2.39. The average molecular weight is 295 g/mol. The molecule has 0 fully saturated rings. The van der Waals surface area contributed by atoms with Crippen LogP contribution in [0.15, 0.2) is 23.3 Å². The summed E-state index contributed by atoms with van der Waals surface area (Å²) in [5.41, 5.74) is -0.300. The van der Waals surface area contributed by atoms with Crippen molar-refractivity contribution in [3.63, 3.8) is 0 Å². The summed E-state index contributed by atoms with van der Waals surface area (Å²) in [5, 5.41) is 19.6. The lowest BCUT2D eigenvalue weighted by atomic mass is 10.2. The Morgan fingerprint density at radius 1 is 1.60 bits per heavy atom. The zero-order valence-corrected chi connectivity index (χ0v) is 11.1. The van der Waals surface area contributed by atoms with Crippen LogP contribution < -0.4 is 5.69 Å². The summed E-state index contributed by atoms with van der Waals surface area (Å²) in [5.74, 6) is -1.05. The third-order valence-corrected chi connectivity index (χ3v) is 3.70. The summed E-state index contributed by atoms with van der Waals surface area (Å²) in [4.78, 5) is 36.8. The molecule has 9 heteroatoms. The van der Waals surface area contributed by atoms with Crippen LogP contribution in [0.4, 0.5) is 5.69 Å². The summed E-state index contributed by atoms with van der Waals surface area (Å²) >= 11 is 1.09. The molecule has 2 aromatic rings. The van der Waals surface area contributed by atoms with Crippen molar-refractivity contribution in [1.82, 2.24) is 9.55 Å². The van der Waals surface area contributed by atoms with Gasteiger partial charge in [-0.15, -0.1) is 11.3 Å². The second kappa shape index (κ2) is 5.21. The van der Waals surface area contributed by atoms with Crippen molar-refractivity contribution < 1.29 is 14.8 Å². The van der Waals surface area contributed by atoms with Crippen molar-refractivity contribution >= 4 is 23.0 Å². The van der Waals surface area contributed by atoms with E-state index in [0.717, 1.165) is 33.2 Å². The van der Waals surface area contributed by atoms with E-state index in [1.807, 2.05) is 0 Å². The van der Waals surface area contributed by atoms with Gasteiger partial charge in [0, 0.05) is 4.88 Å². The van der Waals surface area contributed by atoms with Crippen molar-refractivity contribution in [2.45, 2.75) is 13.5 Å². The smallest absolute Gasteiger partial charge is 0.348 e. The molecule has 0 radical (unpaired) electrons. The molecule has 0 saturated heterocycles. The number of aryl methyl sites for hydroxylation is 1. The lowest BCUT2D eigenvalue weighted by Crippen LogP contribution is -2.23. The highest BCUT2D eigenvalue weighted by Crippen LogP contribution is 2.22. The molecule has 0 spiro atoms. The van der Waals surface area contributed by atoms with Crippen molar-refractivity contribution in [3.05, 3.63) is 54.4 Å². The molecule has 0 saturated carbocycles. The molecule has 8 nitrogen and oxygen atoms in total. The molecule has 0 amide bonds. The largest absolute Gasteiger partial charge is 0.477 e. The zero-order chi connectivity index (χ0) is 14.9. The minimum atomic E-state index is -1.05. The number of hydrogen-bond donors (Lipinski definition) is 1. The summed E-state index contributed by atoms with van der Waals surface area (Å²) in [7, 11) is 0. The highest BCUT2D eigenvalue weighted by molar-refractivity contribution is 7.14. The molecule has 2 heterocycles. The fourth-order valence-electron chi connectivity index (χ4n) is 1.62. The fourth-order valence-corrected chi connectivity index (χ4v) is 2.49. The minimum Gasteiger partial charge on any atom is -0.477 e. The van der Waals surface area contributed by atoms with Gasteiger partial charge in [-0.05, 0) is 18.6 Å².